The highest BCUT2D eigenvalue weighted by Gasteiger charge is 2.14. The van der Waals surface area contributed by atoms with E-state index in [1.54, 1.807) is 6.07 Å². The van der Waals surface area contributed by atoms with Crippen LogP contribution in [0, 0.1) is 5.41 Å². The minimum atomic E-state index is -0.143. The topological polar surface area (TPSA) is 84.9 Å². The lowest BCUT2D eigenvalue weighted by atomic mass is 10.0. The second kappa shape index (κ2) is 8.57. The Morgan fingerprint density at radius 3 is 2.83 bits per heavy atom. The molecule has 2 heterocycles. The summed E-state index contributed by atoms with van der Waals surface area (Å²) in [5.74, 6) is 0.826. The Kier molecular flexibility index (Phi) is 5.71. The summed E-state index contributed by atoms with van der Waals surface area (Å²) in [6.45, 7) is 5.21. The summed E-state index contributed by atoms with van der Waals surface area (Å²) >= 11 is 0. The van der Waals surface area contributed by atoms with Gasteiger partial charge in [0.15, 0.2) is 0 Å². The Morgan fingerprint density at radius 1 is 1.24 bits per heavy atom. The van der Waals surface area contributed by atoms with Crippen molar-refractivity contribution in [2.24, 2.45) is 0 Å². The van der Waals surface area contributed by atoms with Gasteiger partial charge in [0.25, 0.3) is 5.91 Å². The standard InChI is InChI=1S/C23H27N5O/c1-2-5-16-12-17(6-7-18(16)14-24)23(29)25-19-8-9-20-21(13-19)27-22(26-20)15-28-10-3-4-11-28/h6-9,12-14,24H,2-5,10-11,15H2,1H3,(H,25,29)(H,26,27). The maximum atomic E-state index is 12.7. The Labute approximate surface area is 170 Å². The number of rotatable bonds is 7. The van der Waals surface area contributed by atoms with Gasteiger partial charge in [-0.25, -0.2) is 4.98 Å². The number of aromatic nitrogens is 2. The van der Waals surface area contributed by atoms with Gasteiger partial charge in [-0.2, -0.15) is 0 Å². The Bertz CT molecular complexity index is 1030. The van der Waals surface area contributed by atoms with Crippen molar-refractivity contribution in [1.82, 2.24) is 14.9 Å². The smallest absolute Gasteiger partial charge is 0.255 e. The molecule has 0 radical (unpaired) electrons. The minimum Gasteiger partial charge on any atom is -0.341 e. The highest BCUT2D eigenvalue weighted by Crippen LogP contribution is 2.20. The van der Waals surface area contributed by atoms with Crippen LogP contribution in [0.3, 0.4) is 0 Å². The van der Waals surface area contributed by atoms with Gasteiger partial charge < -0.3 is 15.7 Å². The zero-order valence-corrected chi connectivity index (χ0v) is 16.8. The molecule has 2 aromatic carbocycles. The van der Waals surface area contributed by atoms with Gasteiger partial charge in [-0.3, -0.25) is 9.69 Å². The fraction of sp³-hybridized carbons (Fsp3) is 0.348. The molecule has 3 aromatic rings. The van der Waals surface area contributed by atoms with Crippen LogP contribution in [0.2, 0.25) is 0 Å². The minimum absolute atomic E-state index is 0.143. The molecule has 6 nitrogen and oxygen atoms in total. The molecule has 3 N–H and O–H groups in total. The molecule has 150 valence electrons. The third-order valence-electron chi connectivity index (χ3n) is 5.44. The number of nitrogens with one attached hydrogen (secondary N) is 3. The quantitative estimate of drug-likeness (QED) is 0.525. The second-order valence-corrected chi connectivity index (χ2v) is 7.66. The number of fused-ring (bicyclic) bond motifs is 1. The predicted molar refractivity (Wildman–Crippen MR) is 117 cm³/mol. The molecule has 0 saturated carbocycles. The van der Waals surface area contributed by atoms with Crippen molar-refractivity contribution >= 4 is 28.8 Å². The van der Waals surface area contributed by atoms with Crippen molar-refractivity contribution in [2.45, 2.75) is 39.2 Å². The number of likely N-dealkylation sites (tertiary alicyclic amines) is 1. The summed E-state index contributed by atoms with van der Waals surface area (Å²) in [5, 5.41) is 10.5. The average Bonchev–Trinajstić information content (AvgIpc) is 3.37. The molecule has 1 fully saturated rings. The first-order valence-corrected chi connectivity index (χ1v) is 10.3. The van der Waals surface area contributed by atoms with Gasteiger partial charge in [-0.15, -0.1) is 0 Å². The molecule has 0 bridgehead atoms. The van der Waals surface area contributed by atoms with Crippen molar-refractivity contribution in [3.05, 3.63) is 58.9 Å². The highest BCUT2D eigenvalue weighted by atomic mass is 16.1. The summed E-state index contributed by atoms with van der Waals surface area (Å²) < 4.78 is 0. The Morgan fingerprint density at radius 2 is 2.07 bits per heavy atom. The number of hydrogen-bond donors (Lipinski definition) is 3. The molecule has 1 aliphatic rings. The van der Waals surface area contributed by atoms with E-state index >= 15 is 0 Å². The number of aromatic amines is 1. The number of anilines is 1. The summed E-state index contributed by atoms with van der Waals surface area (Å²) in [5.41, 5.74) is 5.10. The van der Waals surface area contributed by atoms with Crippen molar-refractivity contribution in [2.75, 3.05) is 18.4 Å². The lowest BCUT2D eigenvalue weighted by Crippen LogP contribution is -2.19. The van der Waals surface area contributed by atoms with E-state index in [4.69, 9.17) is 5.41 Å². The van der Waals surface area contributed by atoms with Crippen molar-refractivity contribution < 1.29 is 4.79 Å². The SMILES string of the molecule is CCCc1cc(C(=O)Nc2ccc3nc(CN4CCCC4)[nH]c3c2)ccc1C=N. The molecule has 4 rings (SSSR count). The highest BCUT2D eigenvalue weighted by molar-refractivity contribution is 6.05. The first-order valence-electron chi connectivity index (χ1n) is 10.3. The lowest BCUT2D eigenvalue weighted by Gasteiger charge is -2.11. The van der Waals surface area contributed by atoms with Gasteiger partial charge in [0.05, 0.1) is 17.6 Å². The van der Waals surface area contributed by atoms with E-state index in [0.717, 1.165) is 66.1 Å². The summed E-state index contributed by atoms with van der Waals surface area (Å²) in [6, 6.07) is 11.3. The number of carbonyl (C=O) groups is 1. The maximum Gasteiger partial charge on any atom is 0.255 e. The zero-order valence-electron chi connectivity index (χ0n) is 16.8. The number of H-pyrrole nitrogens is 1. The number of benzene rings is 2. The van der Waals surface area contributed by atoms with Gasteiger partial charge in [0.2, 0.25) is 0 Å². The molecule has 1 aromatic heterocycles. The Balaban J connectivity index is 1.50. The molecule has 0 atom stereocenters. The average molecular weight is 390 g/mol. The predicted octanol–water partition coefficient (Wildman–Crippen LogP) is 4.36. The van der Waals surface area contributed by atoms with Crippen LogP contribution < -0.4 is 5.32 Å². The monoisotopic (exact) mass is 389 g/mol. The van der Waals surface area contributed by atoms with E-state index in [9.17, 15) is 4.79 Å². The molecular weight excluding hydrogens is 362 g/mol. The number of nitrogens with zero attached hydrogens (tertiary/aromatic N) is 2. The third kappa shape index (κ3) is 4.38. The van der Waals surface area contributed by atoms with Crippen LogP contribution in [0.5, 0.6) is 0 Å². The fourth-order valence-corrected chi connectivity index (χ4v) is 3.94. The molecule has 29 heavy (non-hydrogen) atoms. The molecule has 1 aliphatic heterocycles. The summed E-state index contributed by atoms with van der Waals surface area (Å²) in [6.07, 6.45) is 5.70. The number of aryl methyl sites for hydroxylation is 1. The van der Waals surface area contributed by atoms with Crippen molar-refractivity contribution in [1.29, 1.82) is 5.41 Å². The van der Waals surface area contributed by atoms with Crippen LogP contribution in [0.15, 0.2) is 36.4 Å². The van der Waals surface area contributed by atoms with Gasteiger partial charge in [0, 0.05) is 17.5 Å². The van der Waals surface area contributed by atoms with Gasteiger partial charge >= 0.3 is 0 Å². The van der Waals surface area contributed by atoms with Crippen molar-refractivity contribution in [3.63, 3.8) is 0 Å². The Hall–Kier alpha value is -2.99. The first-order chi connectivity index (χ1) is 14.2. The van der Waals surface area contributed by atoms with Crippen LogP contribution in [0.25, 0.3) is 11.0 Å². The number of carbonyl (C=O) groups excluding carboxylic acids is 1. The van der Waals surface area contributed by atoms with E-state index in [1.165, 1.54) is 19.1 Å². The van der Waals surface area contributed by atoms with Gasteiger partial charge in [0.1, 0.15) is 5.82 Å². The van der Waals surface area contributed by atoms with E-state index in [1.807, 2.05) is 30.3 Å². The lowest BCUT2D eigenvalue weighted by molar-refractivity contribution is 0.102. The molecule has 0 spiro atoms. The largest absolute Gasteiger partial charge is 0.341 e. The third-order valence-corrected chi connectivity index (χ3v) is 5.44. The van der Waals surface area contributed by atoms with Crippen LogP contribution in [0.4, 0.5) is 5.69 Å². The number of hydrogen-bond acceptors (Lipinski definition) is 4. The van der Waals surface area contributed by atoms with Crippen LogP contribution in [-0.4, -0.2) is 40.1 Å². The normalized spacial score (nSPS) is 14.4. The number of amides is 1. The maximum absolute atomic E-state index is 12.7. The second-order valence-electron chi connectivity index (χ2n) is 7.66. The van der Waals surface area contributed by atoms with E-state index < -0.39 is 0 Å². The van der Waals surface area contributed by atoms with E-state index in [-0.39, 0.29) is 5.91 Å². The van der Waals surface area contributed by atoms with Gasteiger partial charge in [-0.1, -0.05) is 19.4 Å². The van der Waals surface area contributed by atoms with Crippen LogP contribution in [0.1, 0.15) is 53.5 Å². The molecule has 1 saturated heterocycles. The summed E-state index contributed by atoms with van der Waals surface area (Å²) in [7, 11) is 0. The first kappa shape index (κ1) is 19.3. The number of imidazole rings is 1. The molecular formula is C23H27N5O. The van der Waals surface area contributed by atoms with Crippen LogP contribution in [-0.2, 0) is 13.0 Å². The van der Waals surface area contributed by atoms with E-state index in [2.05, 4.69) is 27.1 Å². The van der Waals surface area contributed by atoms with Crippen LogP contribution >= 0.6 is 0 Å². The molecule has 0 aliphatic carbocycles. The molecule has 1 amide bonds. The summed E-state index contributed by atoms with van der Waals surface area (Å²) in [4.78, 5) is 23.2. The molecule has 6 heteroatoms. The molecule has 0 unspecified atom stereocenters. The van der Waals surface area contributed by atoms with Crippen molar-refractivity contribution in [3.8, 4) is 0 Å². The van der Waals surface area contributed by atoms with E-state index in [0.29, 0.717) is 5.56 Å². The fourth-order valence-electron chi connectivity index (χ4n) is 3.94. The zero-order chi connectivity index (χ0) is 20.2. The van der Waals surface area contributed by atoms with Gasteiger partial charge in [-0.05, 0) is 73.8 Å².